The maximum atomic E-state index is 13.0. The SMILES string of the molecule is C=C.C=C(/C=C\C)C[N+]1(c2ccccc2)Cc2cc(C(F)(F)F)cnc2C1. The number of hydrogen-bond donors (Lipinski definition) is 0. The molecule has 5 heteroatoms. The molecule has 0 amide bonds. The van der Waals surface area contributed by atoms with E-state index in [9.17, 15) is 13.2 Å². The zero-order valence-electron chi connectivity index (χ0n) is 15.5. The Hall–Kier alpha value is -2.66. The molecule has 0 saturated heterocycles. The van der Waals surface area contributed by atoms with Crippen LogP contribution in [0.3, 0.4) is 0 Å². The number of nitrogens with zero attached hydrogens (tertiary/aromatic N) is 2. The summed E-state index contributed by atoms with van der Waals surface area (Å²) in [4.78, 5) is 4.12. The molecule has 1 aliphatic rings. The predicted molar refractivity (Wildman–Crippen MR) is 105 cm³/mol. The molecule has 27 heavy (non-hydrogen) atoms. The lowest BCUT2D eigenvalue weighted by Crippen LogP contribution is -2.45. The lowest BCUT2D eigenvalue weighted by atomic mass is 10.1. The Morgan fingerprint density at radius 1 is 1.19 bits per heavy atom. The molecule has 0 saturated carbocycles. The summed E-state index contributed by atoms with van der Waals surface area (Å²) in [5.74, 6) is 0. The molecule has 2 aromatic rings. The molecule has 1 aliphatic heterocycles. The highest BCUT2D eigenvalue weighted by Crippen LogP contribution is 2.38. The van der Waals surface area contributed by atoms with Crippen molar-refractivity contribution in [3.05, 3.63) is 96.9 Å². The number of hydrogen-bond acceptors (Lipinski definition) is 1. The van der Waals surface area contributed by atoms with Gasteiger partial charge in [-0.05, 0) is 30.7 Å². The van der Waals surface area contributed by atoms with Crippen LogP contribution in [0.5, 0.6) is 0 Å². The zero-order valence-corrected chi connectivity index (χ0v) is 15.5. The van der Waals surface area contributed by atoms with E-state index in [0.717, 1.165) is 23.2 Å². The van der Waals surface area contributed by atoms with Gasteiger partial charge in [0.2, 0.25) is 0 Å². The molecule has 1 atom stereocenters. The number of quaternary nitrogens is 1. The number of halogens is 3. The predicted octanol–water partition coefficient (Wildman–Crippen LogP) is 6.06. The van der Waals surface area contributed by atoms with Gasteiger partial charge >= 0.3 is 6.18 Å². The summed E-state index contributed by atoms with van der Waals surface area (Å²) < 4.78 is 39.5. The highest BCUT2D eigenvalue weighted by Gasteiger charge is 2.41. The lowest BCUT2D eigenvalue weighted by Gasteiger charge is -2.33. The van der Waals surface area contributed by atoms with Crippen LogP contribution < -0.4 is 4.48 Å². The van der Waals surface area contributed by atoms with Crippen molar-refractivity contribution in [3.8, 4) is 0 Å². The van der Waals surface area contributed by atoms with Gasteiger partial charge in [-0.15, -0.1) is 13.2 Å². The number of alkyl halides is 3. The fourth-order valence-electron chi connectivity index (χ4n) is 3.45. The number of allylic oxidation sites excluding steroid dienone is 1. The molecule has 1 aromatic heterocycles. The quantitative estimate of drug-likeness (QED) is 0.361. The highest BCUT2D eigenvalue weighted by molar-refractivity contribution is 5.49. The second-order valence-electron chi connectivity index (χ2n) is 6.44. The third-order valence-electron chi connectivity index (χ3n) is 4.52. The van der Waals surface area contributed by atoms with E-state index in [1.807, 2.05) is 49.4 Å². The summed E-state index contributed by atoms with van der Waals surface area (Å²) in [6.07, 6.45) is 0.430. The Morgan fingerprint density at radius 2 is 1.85 bits per heavy atom. The largest absolute Gasteiger partial charge is 0.417 e. The van der Waals surface area contributed by atoms with Gasteiger partial charge in [-0.3, -0.25) is 9.47 Å². The number of para-hydroxylation sites is 1. The molecule has 3 rings (SSSR count). The second-order valence-corrected chi connectivity index (χ2v) is 6.44. The molecular weight excluding hydrogens is 349 g/mol. The van der Waals surface area contributed by atoms with Crippen molar-refractivity contribution in [2.24, 2.45) is 0 Å². The Morgan fingerprint density at radius 3 is 2.44 bits per heavy atom. The normalized spacial score (nSPS) is 18.7. The van der Waals surface area contributed by atoms with E-state index in [1.54, 1.807) is 0 Å². The number of pyridine rings is 1. The van der Waals surface area contributed by atoms with Crippen LogP contribution in [0.4, 0.5) is 18.9 Å². The van der Waals surface area contributed by atoms with Crippen LogP contribution in [0.25, 0.3) is 0 Å². The maximum absolute atomic E-state index is 13.0. The van der Waals surface area contributed by atoms with Crippen molar-refractivity contribution in [1.29, 1.82) is 0 Å². The van der Waals surface area contributed by atoms with Gasteiger partial charge in [-0.1, -0.05) is 36.9 Å². The number of aromatic nitrogens is 1. The number of rotatable bonds is 4. The standard InChI is InChI=1S/C20H20F3N2.C2H4/c1-3-7-15(2)12-25(18-8-5-4-6-9-18)13-16-10-17(20(21,22)23)11-24-19(16)14-25;1-2/h3-11H,2,12-14H2,1H3;1-2H2/q+1;/b7-3-;. The fourth-order valence-corrected chi connectivity index (χ4v) is 3.45. The molecule has 142 valence electrons. The first-order valence-corrected chi connectivity index (χ1v) is 8.61. The molecule has 1 aromatic carbocycles. The van der Waals surface area contributed by atoms with Crippen LogP contribution in [0.1, 0.15) is 23.7 Å². The number of benzene rings is 1. The van der Waals surface area contributed by atoms with Crippen LogP contribution in [0.2, 0.25) is 0 Å². The van der Waals surface area contributed by atoms with Crippen molar-refractivity contribution in [2.75, 3.05) is 6.54 Å². The first kappa shape index (κ1) is 20.6. The van der Waals surface area contributed by atoms with E-state index in [2.05, 4.69) is 24.7 Å². The summed E-state index contributed by atoms with van der Waals surface area (Å²) in [5, 5.41) is 0. The van der Waals surface area contributed by atoms with Crippen molar-refractivity contribution in [3.63, 3.8) is 0 Å². The topological polar surface area (TPSA) is 12.9 Å². The summed E-state index contributed by atoms with van der Waals surface area (Å²) in [6.45, 7) is 13.7. The third-order valence-corrected chi connectivity index (χ3v) is 4.52. The molecule has 0 radical (unpaired) electrons. The minimum absolute atomic E-state index is 0.479. The van der Waals surface area contributed by atoms with Crippen LogP contribution in [-0.4, -0.2) is 11.5 Å². The van der Waals surface area contributed by atoms with Gasteiger partial charge in [-0.2, -0.15) is 13.2 Å². The van der Waals surface area contributed by atoms with Gasteiger partial charge in [0.1, 0.15) is 31.0 Å². The van der Waals surface area contributed by atoms with Gasteiger partial charge in [-0.25, -0.2) is 0 Å². The monoisotopic (exact) mass is 373 g/mol. The summed E-state index contributed by atoms with van der Waals surface area (Å²) in [5.41, 5.74) is 2.69. The van der Waals surface area contributed by atoms with Gasteiger partial charge in [0.15, 0.2) is 0 Å². The average molecular weight is 373 g/mol. The molecule has 2 heterocycles. The van der Waals surface area contributed by atoms with E-state index in [1.165, 1.54) is 6.07 Å². The Labute approximate surface area is 158 Å². The summed E-state index contributed by atoms with van der Waals surface area (Å²) in [6, 6.07) is 11.1. The lowest BCUT2D eigenvalue weighted by molar-refractivity contribution is -0.137. The van der Waals surface area contributed by atoms with Crippen LogP contribution in [0, 0.1) is 0 Å². The minimum atomic E-state index is -4.37. The van der Waals surface area contributed by atoms with Crippen LogP contribution >= 0.6 is 0 Å². The van der Waals surface area contributed by atoms with E-state index < -0.39 is 11.7 Å². The van der Waals surface area contributed by atoms with Crippen LogP contribution in [-0.2, 0) is 19.3 Å². The molecule has 1 unspecified atom stereocenters. The van der Waals surface area contributed by atoms with E-state index in [-0.39, 0.29) is 0 Å². The first-order chi connectivity index (χ1) is 12.8. The molecule has 0 bridgehead atoms. The van der Waals surface area contributed by atoms with E-state index in [4.69, 9.17) is 0 Å². The van der Waals surface area contributed by atoms with Gasteiger partial charge in [0.25, 0.3) is 0 Å². The molecule has 2 nitrogen and oxygen atoms in total. The molecule has 0 fully saturated rings. The van der Waals surface area contributed by atoms with Crippen molar-refractivity contribution in [2.45, 2.75) is 26.2 Å². The van der Waals surface area contributed by atoms with Crippen molar-refractivity contribution in [1.82, 2.24) is 9.47 Å². The summed E-state index contributed by atoms with van der Waals surface area (Å²) in [7, 11) is 0. The highest BCUT2D eigenvalue weighted by atomic mass is 19.4. The smallest absolute Gasteiger partial charge is 0.279 e. The first-order valence-electron chi connectivity index (χ1n) is 8.61. The average Bonchev–Trinajstić information content (AvgIpc) is 3.02. The molecule has 0 spiro atoms. The second kappa shape index (κ2) is 8.35. The van der Waals surface area contributed by atoms with Gasteiger partial charge < -0.3 is 0 Å². The van der Waals surface area contributed by atoms with Gasteiger partial charge in [0, 0.05) is 11.8 Å². The Balaban J connectivity index is 0.00000126. The Kier molecular flexibility index (Phi) is 6.39. The summed E-state index contributed by atoms with van der Waals surface area (Å²) >= 11 is 0. The number of fused-ring (bicyclic) bond motifs is 1. The zero-order chi connectivity index (χ0) is 20.1. The van der Waals surface area contributed by atoms with Crippen molar-refractivity contribution >= 4 is 5.69 Å². The minimum Gasteiger partial charge on any atom is -0.279 e. The molecule has 0 N–H and O–H groups in total. The maximum Gasteiger partial charge on any atom is 0.417 e. The third kappa shape index (κ3) is 4.55. The van der Waals surface area contributed by atoms with E-state index >= 15 is 0 Å². The van der Waals surface area contributed by atoms with Gasteiger partial charge in [0.05, 0.1) is 5.56 Å². The van der Waals surface area contributed by atoms with E-state index in [0.29, 0.717) is 29.7 Å². The fraction of sp³-hybridized carbons (Fsp3) is 0.227. The van der Waals surface area contributed by atoms with Crippen LogP contribution in [0.15, 0.2) is 80.1 Å². The molecule has 0 aliphatic carbocycles. The Bertz CT molecular complexity index is 825. The molecular formula is C22H24F3N2+. The van der Waals surface area contributed by atoms with Crippen molar-refractivity contribution < 1.29 is 13.2 Å².